The quantitative estimate of drug-likeness (QED) is 0.872. The van der Waals surface area contributed by atoms with Crippen molar-refractivity contribution in [3.05, 3.63) is 11.1 Å². The summed E-state index contributed by atoms with van der Waals surface area (Å²) in [5.74, 6) is -0.564. The van der Waals surface area contributed by atoms with Gasteiger partial charge in [-0.05, 0) is 6.92 Å². The lowest BCUT2D eigenvalue weighted by atomic mass is 9.93. The lowest BCUT2D eigenvalue weighted by Gasteiger charge is -2.24. The van der Waals surface area contributed by atoms with Crippen molar-refractivity contribution >= 4 is 40.2 Å². The first-order valence-electron chi connectivity index (χ1n) is 6.60. The van der Waals surface area contributed by atoms with Crippen LogP contribution in [0.25, 0.3) is 0 Å². The van der Waals surface area contributed by atoms with Gasteiger partial charge >= 0.3 is 12.0 Å². The molecule has 2 atom stereocenters. The van der Waals surface area contributed by atoms with E-state index in [4.69, 9.17) is 0 Å². The standard InChI is InChI=1S/C13H19N3O3S2/c1-7-16(8(5-20-7)10(17)18)12(19)15-11-14-9(6-21-11)13(2,3)4/h6-8H,5H2,1-4H3,(H,17,18)(H,14,15,19). The smallest absolute Gasteiger partial charge is 0.327 e. The molecule has 2 amide bonds. The van der Waals surface area contributed by atoms with Crippen LogP contribution in [0.5, 0.6) is 0 Å². The molecule has 1 aromatic heterocycles. The van der Waals surface area contributed by atoms with Crippen LogP contribution in [0.3, 0.4) is 0 Å². The number of carboxylic acids is 1. The fourth-order valence-electron chi connectivity index (χ4n) is 1.97. The largest absolute Gasteiger partial charge is 0.480 e. The van der Waals surface area contributed by atoms with Crippen molar-refractivity contribution in [1.82, 2.24) is 9.88 Å². The average Bonchev–Trinajstić information content (AvgIpc) is 2.94. The van der Waals surface area contributed by atoms with E-state index in [0.29, 0.717) is 10.9 Å². The number of anilines is 1. The Kier molecular flexibility index (Phi) is 4.48. The Balaban J connectivity index is 2.10. The summed E-state index contributed by atoms with van der Waals surface area (Å²) in [4.78, 5) is 29.3. The molecular formula is C13H19N3O3S2. The average molecular weight is 329 g/mol. The van der Waals surface area contributed by atoms with Gasteiger partial charge < -0.3 is 5.11 Å². The number of carboxylic acid groups (broad SMARTS) is 1. The number of aliphatic carboxylic acids is 1. The van der Waals surface area contributed by atoms with Crippen molar-refractivity contribution in [2.45, 2.75) is 44.5 Å². The van der Waals surface area contributed by atoms with E-state index < -0.39 is 18.0 Å². The number of nitrogens with zero attached hydrogens (tertiary/aromatic N) is 2. The first-order chi connectivity index (χ1) is 9.70. The molecule has 1 aliphatic heterocycles. The Bertz CT molecular complexity index is 553. The summed E-state index contributed by atoms with van der Waals surface area (Å²) in [5.41, 5.74) is 0.821. The van der Waals surface area contributed by atoms with Gasteiger partial charge in [-0.15, -0.1) is 23.1 Å². The summed E-state index contributed by atoms with van der Waals surface area (Å²) in [7, 11) is 0. The number of carbonyl (C=O) groups excluding carboxylic acids is 1. The van der Waals surface area contributed by atoms with Gasteiger partial charge in [0.2, 0.25) is 0 Å². The van der Waals surface area contributed by atoms with Crippen LogP contribution in [-0.2, 0) is 10.2 Å². The molecule has 0 spiro atoms. The highest BCUT2D eigenvalue weighted by Crippen LogP contribution is 2.31. The van der Waals surface area contributed by atoms with Crippen LogP contribution in [0.1, 0.15) is 33.4 Å². The highest BCUT2D eigenvalue weighted by molar-refractivity contribution is 8.00. The number of aromatic nitrogens is 1. The van der Waals surface area contributed by atoms with Gasteiger partial charge in [0.1, 0.15) is 6.04 Å². The fraction of sp³-hybridized carbons (Fsp3) is 0.615. The normalized spacial score (nSPS) is 22.4. The molecule has 2 heterocycles. The maximum absolute atomic E-state index is 12.3. The first kappa shape index (κ1) is 16.1. The molecule has 0 aliphatic carbocycles. The summed E-state index contributed by atoms with van der Waals surface area (Å²) >= 11 is 2.81. The van der Waals surface area contributed by atoms with E-state index in [0.717, 1.165) is 5.69 Å². The molecule has 21 heavy (non-hydrogen) atoms. The van der Waals surface area contributed by atoms with Crippen LogP contribution in [0.4, 0.5) is 9.93 Å². The number of nitrogens with one attached hydrogen (secondary N) is 1. The summed E-state index contributed by atoms with van der Waals surface area (Å²) < 4.78 is 0. The summed E-state index contributed by atoms with van der Waals surface area (Å²) in [6, 6.07) is -1.19. The topological polar surface area (TPSA) is 82.5 Å². The second-order valence-corrected chi connectivity index (χ2v) is 8.12. The zero-order valence-electron chi connectivity index (χ0n) is 12.4. The first-order valence-corrected chi connectivity index (χ1v) is 8.52. The minimum Gasteiger partial charge on any atom is -0.480 e. The molecule has 0 radical (unpaired) electrons. The molecule has 1 saturated heterocycles. The second kappa shape index (κ2) is 5.84. The predicted molar refractivity (Wildman–Crippen MR) is 85.0 cm³/mol. The number of hydrogen-bond acceptors (Lipinski definition) is 5. The number of urea groups is 1. The zero-order chi connectivity index (χ0) is 15.8. The number of carbonyl (C=O) groups is 2. The third kappa shape index (κ3) is 3.49. The number of thiazole rings is 1. The number of amides is 2. The van der Waals surface area contributed by atoms with E-state index in [9.17, 15) is 14.7 Å². The van der Waals surface area contributed by atoms with Gasteiger partial charge in [-0.25, -0.2) is 14.6 Å². The van der Waals surface area contributed by atoms with Gasteiger partial charge in [-0.2, -0.15) is 0 Å². The highest BCUT2D eigenvalue weighted by Gasteiger charge is 2.39. The van der Waals surface area contributed by atoms with Crippen molar-refractivity contribution in [2.75, 3.05) is 11.1 Å². The van der Waals surface area contributed by atoms with Crippen molar-refractivity contribution in [1.29, 1.82) is 0 Å². The Labute approximate surface area is 131 Å². The van der Waals surface area contributed by atoms with E-state index in [1.807, 2.05) is 33.1 Å². The van der Waals surface area contributed by atoms with E-state index in [1.165, 1.54) is 28.0 Å². The molecule has 2 N–H and O–H groups in total. The van der Waals surface area contributed by atoms with Gasteiger partial charge in [-0.1, -0.05) is 20.8 Å². The van der Waals surface area contributed by atoms with Crippen LogP contribution in [0.15, 0.2) is 5.38 Å². The lowest BCUT2D eigenvalue weighted by Crippen LogP contribution is -2.46. The van der Waals surface area contributed by atoms with Crippen molar-refractivity contribution in [3.63, 3.8) is 0 Å². The summed E-state index contributed by atoms with van der Waals surface area (Å²) in [6.07, 6.45) is 0. The maximum atomic E-state index is 12.3. The molecule has 8 heteroatoms. The van der Waals surface area contributed by atoms with E-state index in [1.54, 1.807) is 0 Å². The third-order valence-corrected chi connectivity index (χ3v) is 5.20. The SMILES string of the molecule is CC1SCC(C(=O)O)N1C(=O)Nc1nc(C(C)(C)C)cs1. The minimum atomic E-state index is -0.975. The van der Waals surface area contributed by atoms with Crippen LogP contribution < -0.4 is 5.32 Å². The van der Waals surface area contributed by atoms with Gasteiger partial charge in [-0.3, -0.25) is 10.2 Å². The Morgan fingerprint density at radius 2 is 2.14 bits per heavy atom. The highest BCUT2D eigenvalue weighted by atomic mass is 32.2. The molecule has 0 aromatic carbocycles. The number of thioether (sulfide) groups is 1. The molecule has 6 nitrogen and oxygen atoms in total. The van der Waals surface area contributed by atoms with Crippen molar-refractivity contribution in [3.8, 4) is 0 Å². The molecule has 2 unspecified atom stereocenters. The molecular weight excluding hydrogens is 310 g/mol. The fourth-order valence-corrected chi connectivity index (χ4v) is 4.07. The van der Waals surface area contributed by atoms with Gasteiger partial charge in [0, 0.05) is 16.5 Å². The van der Waals surface area contributed by atoms with Crippen molar-refractivity contribution in [2.24, 2.45) is 0 Å². The van der Waals surface area contributed by atoms with Gasteiger partial charge in [0.05, 0.1) is 11.1 Å². The van der Waals surface area contributed by atoms with Crippen LogP contribution in [0.2, 0.25) is 0 Å². The molecule has 116 valence electrons. The Hall–Kier alpha value is -1.28. The molecule has 0 saturated carbocycles. The minimum absolute atomic E-state index is 0.0835. The molecule has 0 bridgehead atoms. The molecule has 1 aliphatic rings. The molecule has 2 rings (SSSR count). The van der Waals surface area contributed by atoms with Crippen LogP contribution in [0, 0.1) is 0 Å². The van der Waals surface area contributed by atoms with E-state index in [-0.39, 0.29) is 10.8 Å². The second-order valence-electron chi connectivity index (χ2n) is 5.91. The monoisotopic (exact) mass is 329 g/mol. The zero-order valence-corrected chi connectivity index (χ0v) is 14.0. The van der Waals surface area contributed by atoms with Crippen LogP contribution >= 0.6 is 23.1 Å². The van der Waals surface area contributed by atoms with Crippen LogP contribution in [-0.4, -0.2) is 44.2 Å². The third-order valence-electron chi connectivity index (χ3n) is 3.23. The molecule has 1 aromatic rings. The van der Waals surface area contributed by atoms with E-state index in [2.05, 4.69) is 10.3 Å². The van der Waals surface area contributed by atoms with Crippen molar-refractivity contribution < 1.29 is 14.7 Å². The van der Waals surface area contributed by atoms with Gasteiger partial charge in [0.25, 0.3) is 0 Å². The number of rotatable bonds is 2. The lowest BCUT2D eigenvalue weighted by molar-refractivity contribution is -0.141. The van der Waals surface area contributed by atoms with Gasteiger partial charge in [0.15, 0.2) is 5.13 Å². The Morgan fingerprint density at radius 3 is 2.67 bits per heavy atom. The molecule has 1 fully saturated rings. The van der Waals surface area contributed by atoms with E-state index >= 15 is 0 Å². The maximum Gasteiger partial charge on any atom is 0.327 e. The summed E-state index contributed by atoms with van der Waals surface area (Å²) in [6.45, 7) is 7.98. The predicted octanol–water partition coefficient (Wildman–Crippen LogP) is 2.82. The Morgan fingerprint density at radius 1 is 1.48 bits per heavy atom. The number of hydrogen-bond donors (Lipinski definition) is 2. The summed E-state index contributed by atoms with van der Waals surface area (Å²) in [5, 5.41) is 14.1.